The Hall–Kier alpha value is -2.90. The number of hydrogen-bond acceptors (Lipinski definition) is 7. The molecule has 3 aliphatic heterocycles. The molecule has 6 rings (SSSR count). The van der Waals surface area contributed by atoms with Gasteiger partial charge in [-0.3, -0.25) is 23.7 Å². The standard InChI is InChI=1S/C26H22F3N3O4S3/c27-26(28,29)14-6-4-7-15(12-14)32-22(34)19-18(16-8-5-11-37-16)21-24(38-20(19)23(32)35)31(25(36)39-21)13-17(33)30-9-2-1-3-10-30/h4-8,11-12,18-20H,1-3,9-10,13H2. The third-order valence-electron chi connectivity index (χ3n) is 7.33. The number of alkyl halides is 3. The van der Waals surface area contributed by atoms with Crippen LogP contribution in [0.1, 0.15) is 40.5 Å². The van der Waals surface area contributed by atoms with Crippen LogP contribution in [0.2, 0.25) is 0 Å². The normalized spacial score (nSPS) is 23.2. The zero-order valence-corrected chi connectivity index (χ0v) is 22.8. The number of fused-ring (bicyclic) bond motifs is 2. The van der Waals surface area contributed by atoms with Crippen LogP contribution in [0.4, 0.5) is 18.9 Å². The molecule has 7 nitrogen and oxygen atoms in total. The zero-order chi connectivity index (χ0) is 27.5. The zero-order valence-electron chi connectivity index (χ0n) is 20.3. The van der Waals surface area contributed by atoms with Crippen molar-refractivity contribution in [3.63, 3.8) is 0 Å². The molecule has 0 radical (unpaired) electrons. The molecule has 3 aromatic rings. The maximum Gasteiger partial charge on any atom is 0.416 e. The van der Waals surface area contributed by atoms with Crippen LogP contribution in [0.25, 0.3) is 0 Å². The van der Waals surface area contributed by atoms with Crippen molar-refractivity contribution in [2.45, 2.75) is 48.2 Å². The van der Waals surface area contributed by atoms with Crippen LogP contribution in [0.3, 0.4) is 0 Å². The number of carbonyl (C=O) groups is 3. The maximum atomic E-state index is 13.8. The first-order valence-electron chi connectivity index (χ1n) is 12.4. The second kappa shape index (κ2) is 9.93. The number of benzene rings is 1. The number of thiazole rings is 1. The number of likely N-dealkylation sites (tertiary alicyclic amines) is 1. The van der Waals surface area contributed by atoms with Crippen molar-refractivity contribution in [1.82, 2.24) is 9.47 Å². The van der Waals surface area contributed by atoms with Gasteiger partial charge in [0.05, 0.1) is 22.2 Å². The Morgan fingerprint density at radius 3 is 2.46 bits per heavy atom. The van der Waals surface area contributed by atoms with E-state index in [0.29, 0.717) is 23.0 Å². The molecule has 2 saturated heterocycles. The van der Waals surface area contributed by atoms with Crippen LogP contribution in [-0.2, 0) is 27.1 Å². The number of piperidine rings is 1. The Morgan fingerprint density at radius 1 is 1.00 bits per heavy atom. The minimum absolute atomic E-state index is 0.138. The summed E-state index contributed by atoms with van der Waals surface area (Å²) in [5, 5.41) is 1.36. The van der Waals surface area contributed by atoms with E-state index < -0.39 is 40.6 Å². The molecule has 0 aliphatic carbocycles. The quantitative estimate of drug-likeness (QED) is 0.407. The van der Waals surface area contributed by atoms with E-state index in [-0.39, 0.29) is 23.0 Å². The second-order valence-electron chi connectivity index (χ2n) is 9.68. The monoisotopic (exact) mass is 593 g/mol. The van der Waals surface area contributed by atoms with Gasteiger partial charge in [0, 0.05) is 28.8 Å². The highest BCUT2D eigenvalue weighted by Gasteiger charge is 2.57. The molecule has 3 atom stereocenters. The number of anilines is 1. The van der Waals surface area contributed by atoms with E-state index >= 15 is 0 Å². The summed E-state index contributed by atoms with van der Waals surface area (Å²) in [7, 11) is 0. The smallest absolute Gasteiger partial charge is 0.341 e. The minimum atomic E-state index is -4.63. The summed E-state index contributed by atoms with van der Waals surface area (Å²) in [5.41, 5.74) is -1.09. The number of imide groups is 1. The van der Waals surface area contributed by atoms with Gasteiger partial charge in [-0.2, -0.15) is 13.2 Å². The number of aromatic nitrogens is 1. The summed E-state index contributed by atoms with van der Waals surface area (Å²) in [5.74, 6) is -2.92. The molecule has 3 amide bonds. The number of halogens is 3. The molecule has 13 heteroatoms. The summed E-state index contributed by atoms with van der Waals surface area (Å²) in [6, 6.07) is 7.81. The molecule has 2 fully saturated rings. The lowest BCUT2D eigenvalue weighted by molar-refractivity contribution is -0.137. The molecule has 0 spiro atoms. The number of thioether (sulfide) groups is 1. The summed E-state index contributed by atoms with van der Waals surface area (Å²) in [4.78, 5) is 57.3. The topological polar surface area (TPSA) is 79.7 Å². The van der Waals surface area contributed by atoms with E-state index in [1.807, 2.05) is 17.5 Å². The summed E-state index contributed by atoms with van der Waals surface area (Å²) in [6.07, 6.45) is -1.77. The fourth-order valence-electron chi connectivity index (χ4n) is 5.48. The average Bonchev–Trinajstić information content (AvgIpc) is 3.61. The van der Waals surface area contributed by atoms with Crippen LogP contribution < -0.4 is 9.77 Å². The van der Waals surface area contributed by atoms with E-state index in [9.17, 15) is 32.3 Å². The highest BCUT2D eigenvalue weighted by atomic mass is 32.2. The summed E-state index contributed by atoms with van der Waals surface area (Å²) < 4.78 is 41.6. The Labute approximate surface area is 233 Å². The Morgan fingerprint density at radius 2 is 1.77 bits per heavy atom. The van der Waals surface area contributed by atoms with E-state index in [1.54, 1.807) is 4.90 Å². The third kappa shape index (κ3) is 4.53. The lowest BCUT2D eigenvalue weighted by Gasteiger charge is -2.30. The number of nitrogens with zero attached hydrogens (tertiary/aromatic N) is 3. The maximum absolute atomic E-state index is 13.8. The summed E-state index contributed by atoms with van der Waals surface area (Å²) >= 11 is 3.40. The van der Waals surface area contributed by atoms with Crippen molar-refractivity contribution in [3.05, 3.63) is 66.8 Å². The predicted molar refractivity (Wildman–Crippen MR) is 142 cm³/mol. The van der Waals surface area contributed by atoms with E-state index in [0.717, 1.165) is 64.3 Å². The molecular weight excluding hydrogens is 571 g/mol. The van der Waals surface area contributed by atoms with Gasteiger partial charge in [-0.15, -0.1) is 11.3 Å². The largest absolute Gasteiger partial charge is 0.416 e. The minimum Gasteiger partial charge on any atom is -0.341 e. The SMILES string of the molecule is O=C(Cn1c2c(sc1=O)C(c1cccs1)C1C(=O)N(c3cccc(C(F)(F)F)c3)C(=O)C1S2)N1CCCCC1. The predicted octanol–water partition coefficient (Wildman–Crippen LogP) is 4.80. The molecule has 0 bridgehead atoms. The molecular formula is C26H22F3N3O4S3. The van der Waals surface area contributed by atoms with E-state index in [4.69, 9.17) is 0 Å². The molecule has 3 unspecified atom stereocenters. The van der Waals surface area contributed by atoms with Crippen molar-refractivity contribution in [1.29, 1.82) is 0 Å². The average molecular weight is 594 g/mol. The van der Waals surface area contributed by atoms with Gasteiger partial charge in [0.15, 0.2) is 0 Å². The van der Waals surface area contributed by atoms with Gasteiger partial charge in [0.2, 0.25) is 17.7 Å². The Balaban J connectivity index is 1.40. The Bertz CT molecular complexity index is 1510. The van der Waals surface area contributed by atoms with Crippen molar-refractivity contribution in [2.75, 3.05) is 18.0 Å². The van der Waals surface area contributed by atoms with E-state index in [2.05, 4.69) is 0 Å². The van der Waals surface area contributed by atoms with Gasteiger partial charge in [0.25, 0.3) is 0 Å². The van der Waals surface area contributed by atoms with E-state index in [1.165, 1.54) is 28.0 Å². The first-order chi connectivity index (χ1) is 18.6. The molecule has 2 aromatic heterocycles. The number of amides is 3. The molecule has 1 aromatic carbocycles. The van der Waals surface area contributed by atoms with Gasteiger partial charge in [-0.25, -0.2) is 4.90 Å². The fraction of sp³-hybridized carbons (Fsp3) is 0.385. The van der Waals surface area contributed by atoms with Gasteiger partial charge in [-0.1, -0.05) is 35.2 Å². The van der Waals surface area contributed by atoms with Crippen molar-refractivity contribution < 1.29 is 27.6 Å². The summed E-state index contributed by atoms with van der Waals surface area (Å²) in [6.45, 7) is 1.11. The second-order valence-corrected chi connectivity index (χ2v) is 12.8. The lowest BCUT2D eigenvalue weighted by atomic mass is 9.87. The molecule has 5 heterocycles. The molecule has 3 aliphatic rings. The molecule has 39 heavy (non-hydrogen) atoms. The van der Waals surface area contributed by atoms with Crippen LogP contribution in [0.5, 0.6) is 0 Å². The third-order valence-corrected chi connectivity index (χ3v) is 10.9. The first kappa shape index (κ1) is 26.3. The number of hydrogen-bond donors (Lipinski definition) is 0. The van der Waals surface area contributed by atoms with Crippen LogP contribution in [0, 0.1) is 5.92 Å². The number of thiophene rings is 1. The first-order valence-corrected chi connectivity index (χ1v) is 15.0. The lowest BCUT2D eigenvalue weighted by Crippen LogP contribution is -2.39. The van der Waals surface area contributed by atoms with Crippen LogP contribution in [-0.4, -0.2) is 45.5 Å². The molecule has 0 saturated carbocycles. The van der Waals surface area contributed by atoms with Gasteiger partial charge in [-0.05, 0) is 48.9 Å². The number of rotatable bonds is 4. The highest BCUT2D eigenvalue weighted by Crippen LogP contribution is 2.54. The molecule has 0 N–H and O–H groups in total. The van der Waals surface area contributed by atoms with Crippen molar-refractivity contribution in [3.8, 4) is 0 Å². The highest BCUT2D eigenvalue weighted by molar-refractivity contribution is 8.00. The fourth-order valence-corrected chi connectivity index (χ4v) is 9.21. The van der Waals surface area contributed by atoms with Crippen molar-refractivity contribution >= 4 is 57.8 Å². The van der Waals surface area contributed by atoms with Crippen LogP contribution >= 0.6 is 34.4 Å². The van der Waals surface area contributed by atoms with Gasteiger partial charge >= 0.3 is 11.0 Å². The Kier molecular flexibility index (Phi) is 6.71. The van der Waals surface area contributed by atoms with Crippen LogP contribution in [0.15, 0.2) is 51.6 Å². The van der Waals surface area contributed by atoms with Crippen molar-refractivity contribution in [2.24, 2.45) is 5.92 Å². The number of carbonyl (C=O) groups excluding carboxylic acids is 3. The van der Waals surface area contributed by atoms with Gasteiger partial charge in [0.1, 0.15) is 11.8 Å². The molecule has 204 valence electrons. The van der Waals surface area contributed by atoms with Gasteiger partial charge < -0.3 is 4.90 Å².